The van der Waals surface area contributed by atoms with Gasteiger partial charge in [0.25, 0.3) is 5.91 Å². The Bertz CT molecular complexity index is 500. The van der Waals surface area contributed by atoms with Crippen molar-refractivity contribution in [1.82, 2.24) is 5.48 Å². The molecule has 0 aliphatic heterocycles. The lowest BCUT2D eigenvalue weighted by Gasteiger charge is -2.04. The van der Waals surface area contributed by atoms with Gasteiger partial charge >= 0.3 is 0 Å². The van der Waals surface area contributed by atoms with Crippen LogP contribution in [0.5, 0.6) is 0 Å². The van der Waals surface area contributed by atoms with E-state index in [4.69, 9.17) is 21.9 Å². The highest BCUT2D eigenvalue weighted by molar-refractivity contribution is 7.89. The molecule has 0 radical (unpaired) electrons. The van der Waals surface area contributed by atoms with E-state index in [0.717, 1.165) is 6.07 Å². The van der Waals surface area contributed by atoms with Gasteiger partial charge in [-0.25, -0.2) is 19.0 Å². The summed E-state index contributed by atoms with van der Waals surface area (Å²) in [4.78, 5) is 10.6. The number of hydroxylamine groups is 1. The van der Waals surface area contributed by atoms with E-state index >= 15 is 0 Å². The third kappa shape index (κ3) is 2.66. The number of nitrogens with one attached hydrogen (secondary N) is 1. The van der Waals surface area contributed by atoms with E-state index in [1.807, 2.05) is 0 Å². The summed E-state index contributed by atoms with van der Waals surface area (Å²) in [5.74, 6) is -0.850. The van der Waals surface area contributed by atoms with Crippen LogP contribution >= 0.6 is 11.6 Å². The van der Waals surface area contributed by atoms with E-state index in [-0.39, 0.29) is 15.5 Å². The van der Waals surface area contributed by atoms with Crippen LogP contribution in [0.2, 0.25) is 5.02 Å². The number of hydrogen-bond donors (Lipinski definition) is 3. The van der Waals surface area contributed by atoms with Gasteiger partial charge in [0.2, 0.25) is 10.0 Å². The van der Waals surface area contributed by atoms with Crippen LogP contribution in [-0.2, 0) is 10.0 Å². The molecule has 0 heterocycles. The van der Waals surface area contributed by atoms with Crippen LogP contribution < -0.4 is 10.6 Å². The molecule has 1 amide bonds. The van der Waals surface area contributed by atoms with Gasteiger partial charge in [-0.05, 0) is 18.2 Å². The molecule has 0 atom stereocenters. The second-order valence-corrected chi connectivity index (χ2v) is 4.57. The normalized spacial score (nSPS) is 11.1. The van der Waals surface area contributed by atoms with Gasteiger partial charge < -0.3 is 0 Å². The minimum Gasteiger partial charge on any atom is -0.288 e. The van der Waals surface area contributed by atoms with Gasteiger partial charge in [0.1, 0.15) is 4.90 Å². The highest BCUT2D eigenvalue weighted by Gasteiger charge is 2.15. The Morgan fingerprint density at radius 2 is 2.07 bits per heavy atom. The van der Waals surface area contributed by atoms with Crippen LogP contribution in [0.4, 0.5) is 0 Å². The summed E-state index contributed by atoms with van der Waals surface area (Å²) in [7, 11) is -3.99. The van der Waals surface area contributed by atoms with Crippen molar-refractivity contribution < 1.29 is 18.4 Å². The molecule has 1 rings (SSSR count). The Morgan fingerprint density at radius 1 is 1.47 bits per heavy atom. The maximum absolute atomic E-state index is 11.0. The van der Waals surface area contributed by atoms with Crippen LogP contribution in [-0.4, -0.2) is 19.5 Å². The zero-order valence-electron chi connectivity index (χ0n) is 7.27. The molecule has 1 aromatic rings. The molecule has 8 heteroatoms. The molecule has 6 nitrogen and oxygen atoms in total. The largest absolute Gasteiger partial charge is 0.288 e. The van der Waals surface area contributed by atoms with Gasteiger partial charge in [-0.2, -0.15) is 0 Å². The zero-order valence-corrected chi connectivity index (χ0v) is 8.84. The van der Waals surface area contributed by atoms with E-state index in [1.165, 1.54) is 17.6 Å². The summed E-state index contributed by atoms with van der Waals surface area (Å²) in [6, 6.07) is 3.43. The first-order valence-electron chi connectivity index (χ1n) is 3.63. The van der Waals surface area contributed by atoms with Crippen LogP contribution in [0.3, 0.4) is 0 Å². The fourth-order valence-electron chi connectivity index (χ4n) is 0.927. The number of carbonyl (C=O) groups excluding carboxylic acids is 1. The van der Waals surface area contributed by atoms with Crippen molar-refractivity contribution in [2.24, 2.45) is 5.14 Å². The van der Waals surface area contributed by atoms with Crippen molar-refractivity contribution in [2.45, 2.75) is 4.90 Å². The van der Waals surface area contributed by atoms with Crippen molar-refractivity contribution >= 4 is 27.5 Å². The highest BCUT2D eigenvalue weighted by Crippen LogP contribution is 2.21. The fourth-order valence-corrected chi connectivity index (χ4v) is 2.00. The average molecular weight is 251 g/mol. The first-order valence-corrected chi connectivity index (χ1v) is 5.55. The molecule has 4 N–H and O–H groups in total. The number of rotatable bonds is 2. The molecule has 15 heavy (non-hydrogen) atoms. The van der Waals surface area contributed by atoms with E-state index in [2.05, 4.69) is 0 Å². The first-order chi connectivity index (χ1) is 6.86. The van der Waals surface area contributed by atoms with Gasteiger partial charge in [-0.15, -0.1) is 0 Å². The Hall–Kier alpha value is -1.15. The molecule has 0 fully saturated rings. The van der Waals surface area contributed by atoms with Crippen molar-refractivity contribution in [3.8, 4) is 0 Å². The molecule has 0 aliphatic carbocycles. The molecule has 1 aromatic carbocycles. The Morgan fingerprint density at radius 3 is 2.53 bits per heavy atom. The third-order valence-corrected chi connectivity index (χ3v) is 2.99. The predicted octanol–water partition coefficient (Wildman–Crippen LogP) is 0.106. The summed E-state index contributed by atoms with van der Waals surface area (Å²) >= 11 is 5.58. The molecule has 0 unspecified atom stereocenters. The number of carbonyl (C=O) groups is 1. The number of amides is 1. The summed E-state index contributed by atoms with van der Waals surface area (Å²) in [6.45, 7) is 0. The third-order valence-electron chi connectivity index (χ3n) is 1.60. The second kappa shape index (κ2) is 4.15. The molecule has 0 saturated carbocycles. The molecule has 82 valence electrons. The Labute approximate surface area is 90.7 Å². The highest BCUT2D eigenvalue weighted by atomic mass is 35.5. The van der Waals surface area contributed by atoms with Crippen molar-refractivity contribution in [3.63, 3.8) is 0 Å². The van der Waals surface area contributed by atoms with Crippen LogP contribution in [0.15, 0.2) is 23.1 Å². The van der Waals surface area contributed by atoms with E-state index in [9.17, 15) is 13.2 Å². The number of nitrogens with two attached hydrogens (primary N) is 1. The van der Waals surface area contributed by atoms with Gasteiger partial charge in [0.05, 0.1) is 5.02 Å². The van der Waals surface area contributed by atoms with E-state index < -0.39 is 15.9 Å². The standard InChI is InChI=1S/C7H7ClN2O4S/c8-5-2-1-4(7(11)10-12)3-6(5)15(9,13)14/h1-3,12H,(H,10,11)(H2,9,13,14). The Kier molecular flexibility index (Phi) is 3.30. The van der Waals surface area contributed by atoms with Crippen molar-refractivity contribution in [3.05, 3.63) is 28.8 Å². The summed E-state index contributed by atoms with van der Waals surface area (Å²) < 4.78 is 22.0. The SMILES string of the molecule is NS(=O)(=O)c1cc(C(=O)NO)ccc1Cl. The van der Waals surface area contributed by atoms with Crippen molar-refractivity contribution in [2.75, 3.05) is 0 Å². The summed E-state index contributed by atoms with van der Waals surface area (Å²) in [6.07, 6.45) is 0. The van der Waals surface area contributed by atoms with Gasteiger partial charge in [0, 0.05) is 5.56 Å². The lowest BCUT2D eigenvalue weighted by Crippen LogP contribution is -2.20. The fraction of sp³-hybridized carbons (Fsp3) is 0. The van der Waals surface area contributed by atoms with Gasteiger partial charge in [-0.1, -0.05) is 11.6 Å². The summed E-state index contributed by atoms with van der Waals surface area (Å²) in [5.41, 5.74) is 1.30. The van der Waals surface area contributed by atoms with Crippen LogP contribution in [0, 0.1) is 0 Å². The van der Waals surface area contributed by atoms with E-state index in [1.54, 1.807) is 0 Å². The molecule has 0 spiro atoms. The zero-order chi connectivity index (χ0) is 11.6. The number of halogens is 1. The maximum Gasteiger partial charge on any atom is 0.274 e. The minimum absolute atomic E-state index is 0.0640. The molecular formula is C7H7ClN2O4S. The lowest BCUT2D eigenvalue weighted by molar-refractivity contribution is 0.0706. The monoisotopic (exact) mass is 250 g/mol. The quantitative estimate of drug-likeness (QED) is 0.511. The van der Waals surface area contributed by atoms with Gasteiger partial charge in [0.15, 0.2) is 0 Å². The number of sulfonamides is 1. The molecule has 0 aromatic heterocycles. The molecule has 0 saturated heterocycles. The minimum atomic E-state index is -3.99. The number of hydrogen-bond acceptors (Lipinski definition) is 4. The van der Waals surface area contributed by atoms with Crippen molar-refractivity contribution in [1.29, 1.82) is 0 Å². The predicted molar refractivity (Wildman–Crippen MR) is 52.1 cm³/mol. The maximum atomic E-state index is 11.0. The van der Waals surface area contributed by atoms with Gasteiger partial charge in [-0.3, -0.25) is 10.0 Å². The molecule has 0 bridgehead atoms. The second-order valence-electron chi connectivity index (χ2n) is 2.63. The first kappa shape index (κ1) is 11.9. The molecular weight excluding hydrogens is 244 g/mol. The Balaban J connectivity index is 3.36. The van der Waals surface area contributed by atoms with E-state index in [0.29, 0.717) is 0 Å². The van der Waals surface area contributed by atoms with Crippen LogP contribution in [0.1, 0.15) is 10.4 Å². The van der Waals surface area contributed by atoms with Crippen LogP contribution in [0.25, 0.3) is 0 Å². The number of primary sulfonamides is 1. The smallest absolute Gasteiger partial charge is 0.274 e. The number of benzene rings is 1. The average Bonchev–Trinajstić information content (AvgIpc) is 2.15. The molecule has 0 aliphatic rings. The lowest BCUT2D eigenvalue weighted by atomic mass is 10.2. The summed E-state index contributed by atoms with van der Waals surface area (Å²) in [5, 5.41) is 13.1. The topological polar surface area (TPSA) is 109 Å².